The number of aryl methyl sites for hydroxylation is 1. The van der Waals surface area contributed by atoms with Crippen molar-refractivity contribution in [2.45, 2.75) is 24.2 Å². The van der Waals surface area contributed by atoms with Gasteiger partial charge < -0.3 is 20.4 Å². The fourth-order valence-electron chi connectivity index (χ4n) is 4.52. The van der Waals surface area contributed by atoms with E-state index in [-0.39, 0.29) is 11.8 Å². The number of hydrazine groups is 1. The van der Waals surface area contributed by atoms with Gasteiger partial charge in [0, 0.05) is 29.6 Å². The van der Waals surface area contributed by atoms with Crippen LogP contribution in [0.15, 0.2) is 29.4 Å². The molecule has 0 spiro atoms. The molecule has 0 unspecified atom stereocenters. The zero-order valence-corrected chi connectivity index (χ0v) is 18.4. The van der Waals surface area contributed by atoms with E-state index in [2.05, 4.69) is 31.6 Å². The molecule has 1 fully saturated rings. The standard InChI is InChI=1S/C21H22N6O2S2/c28-21(27-5-7-29-8-6-27)12-1-3-14-16(9-12)30-20-18(14)19(22-11-23-20)24-13-2-4-15-17(10-13)31-26-25-15/h2,4,10-12,25-26H,1,3,5-9H2,(H,22,23,24)/t12-/m0/s1. The predicted molar refractivity (Wildman–Crippen MR) is 123 cm³/mol. The summed E-state index contributed by atoms with van der Waals surface area (Å²) in [4.78, 5) is 30.5. The highest BCUT2D eigenvalue weighted by molar-refractivity contribution is 7.98. The Bertz CT molecular complexity index is 1160. The third-order valence-electron chi connectivity index (χ3n) is 6.11. The van der Waals surface area contributed by atoms with Crippen molar-refractivity contribution in [3.63, 3.8) is 0 Å². The minimum atomic E-state index is 0.0526. The number of morpholine rings is 1. The number of hydrogen-bond acceptors (Lipinski definition) is 9. The summed E-state index contributed by atoms with van der Waals surface area (Å²) in [5.74, 6) is 1.16. The Morgan fingerprint density at radius 2 is 2.16 bits per heavy atom. The lowest BCUT2D eigenvalue weighted by Gasteiger charge is -2.31. The highest BCUT2D eigenvalue weighted by atomic mass is 32.2. The molecule has 1 aliphatic carbocycles. The van der Waals surface area contributed by atoms with Crippen molar-refractivity contribution in [3.8, 4) is 0 Å². The number of carbonyl (C=O) groups is 1. The molecule has 3 aliphatic rings. The van der Waals surface area contributed by atoms with Gasteiger partial charge in [0.15, 0.2) is 0 Å². The van der Waals surface area contributed by atoms with Crippen molar-refractivity contribution >= 4 is 56.6 Å². The number of nitrogens with zero attached hydrogens (tertiary/aromatic N) is 3. The first-order chi connectivity index (χ1) is 15.3. The van der Waals surface area contributed by atoms with Gasteiger partial charge in [-0.1, -0.05) is 0 Å². The van der Waals surface area contributed by atoms with Crippen LogP contribution in [0.3, 0.4) is 0 Å². The average Bonchev–Trinajstić information content (AvgIpc) is 3.43. The van der Waals surface area contributed by atoms with E-state index in [1.165, 1.54) is 10.4 Å². The van der Waals surface area contributed by atoms with Crippen molar-refractivity contribution in [1.82, 2.24) is 19.7 Å². The molecule has 1 saturated heterocycles. The Morgan fingerprint density at radius 3 is 3.06 bits per heavy atom. The van der Waals surface area contributed by atoms with Crippen LogP contribution in [0.1, 0.15) is 16.9 Å². The van der Waals surface area contributed by atoms with Gasteiger partial charge in [-0.2, -0.15) is 4.83 Å². The summed E-state index contributed by atoms with van der Waals surface area (Å²) >= 11 is 3.26. The Morgan fingerprint density at radius 1 is 1.26 bits per heavy atom. The van der Waals surface area contributed by atoms with Crippen LogP contribution in [0.5, 0.6) is 0 Å². The van der Waals surface area contributed by atoms with Crippen molar-refractivity contribution in [3.05, 3.63) is 35.0 Å². The maximum Gasteiger partial charge on any atom is 0.226 e. The number of carbonyl (C=O) groups excluding carboxylic acids is 1. The average molecular weight is 455 g/mol. The number of anilines is 3. The minimum absolute atomic E-state index is 0.0526. The fourth-order valence-corrected chi connectivity index (χ4v) is 6.47. The maximum atomic E-state index is 13.0. The molecule has 6 rings (SSSR count). The Kier molecular flexibility index (Phi) is 4.94. The highest BCUT2D eigenvalue weighted by Gasteiger charge is 2.32. The molecule has 1 atom stereocenters. The maximum absolute atomic E-state index is 13.0. The summed E-state index contributed by atoms with van der Waals surface area (Å²) in [6.07, 6.45) is 4.16. The van der Waals surface area contributed by atoms with Crippen LogP contribution in [0.4, 0.5) is 17.2 Å². The normalized spacial score (nSPS) is 20.3. The number of nitrogens with one attached hydrogen (secondary N) is 3. The largest absolute Gasteiger partial charge is 0.378 e. The van der Waals surface area contributed by atoms with E-state index in [0.29, 0.717) is 26.3 Å². The van der Waals surface area contributed by atoms with Gasteiger partial charge in [-0.3, -0.25) is 4.79 Å². The molecule has 160 valence electrons. The molecule has 0 bridgehead atoms. The van der Waals surface area contributed by atoms with Crippen molar-refractivity contribution in [2.24, 2.45) is 5.92 Å². The molecule has 3 aromatic rings. The van der Waals surface area contributed by atoms with Crippen LogP contribution >= 0.6 is 23.3 Å². The molecule has 3 N–H and O–H groups in total. The van der Waals surface area contributed by atoms with Gasteiger partial charge in [-0.05, 0) is 55.0 Å². The third kappa shape index (κ3) is 3.53. The zero-order chi connectivity index (χ0) is 20.8. The van der Waals surface area contributed by atoms with Crippen molar-refractivity contribution in [1.29, 1.82) is 0 Å². The lowest BCUT2D eigenvalue weighted by molar-refractivity contribution is -0.140. The third-order valence-corrected chi connectivity index (χ3v) is 8.03. The number of aromatic nitrogens is 2. The first-order valence-corrected chi connectivity index (χ1v) is 12.1. The summed E-state index contributed by atoms with van der Waals surface area (Å²) in [6, 6.07) is 6.20. The number of rotatable bonds is 3. The lowest BCUT2D eigenvalue weighted by Crippen LogP contribution is -2.44. The molecule has 10 heteroatoms. The van der Waals surface area contributed by atoms with Gasteiger partial charge in [0.2, 0.25) is 5.91 Å². The molecule has 31 heavy (non-hydrogen) atoms. The molecule has 1 aromatic carbocycles. The summed E-state index contributed by atoms with van der Waals surface area (Å²) in [5, 5.41) is 4.60. The van der Waals surface area contributed by atoms with Gasteiger partial charge in [-0.25, -0.2) is 9.97 Å². The zero-order valence-electron chi connectivity index (χ0n) is 16.8. The molecule has 8 nitrogen and oxygen atoms in total. The molecule has 2 aromatic heterocycles. The first kappa shape index (κ1) is 19.3. The van der Waals surface area contributed by atoms with Crippen molar-refractivity contribution < 1.29 is 9.53 Å². The lowest BCUT2D eigenvalue weighted by atomic mass is 9.86. The van der Waals surface area contributed by atoms with Crippen LogP contribution in [0, 0.1) is 5.92 Å². The van der Waals surface area contributed by atoms with Crippen LogP contribution in [0.25, 0.3) is 10.2 Å². The molecule has 4 heterocycles. The Balaban J connectivity index is 1.28. The van der Waals surface area contributed by atoms with Crippen LogP contribution < -0.4 is 15.6 Å². The van der Waals surface area contributed by atoms with E-state index < -0.39 is 0 Å². The van der Waals surface area contributed by atoms with Gasteiger partial charge in [-0.15, -0.1) is 11.3 Å². The number of fused-ring (bicyclic) bond motifs is 4. The summed E-state index contributed by atoms with van der Waals surface area (Å²) < 4.78 is 5.40. The summed E-state index contributed by atoms with van der Waals surface area (Å²) in [5.41, 5.74) is 6.49. The number of thiophene rings is 1. The second-order valence-corrected chi connectivity index (χ2v) is 9.88. The van der Waals surface area contributed by atoms with Gasteiger partial charge in [0.05, 0.1) is 29.2 Å². The number of benzene rings is 1. The Hall–Kier alpha value is -2.40. The molecule has 1 amide bonds. The smallest absolute Gasteiger partial charge is 0.226 e. The van der Waals surface area contributed by atoms with Gasteiger partial charge >= 0.3 is 0 Å². The molecule has 0 saturated carbocycles. The van der Waals surface area contributed by atoms with Crippen LogP contribution in [0.2, 0.25) is 0 Å². The van der Waals surface area contributed by atoms with E-state index in [0.717, 1.165) is 51.6 Å². The molecular weight excluding hydrogens is 432 g/mol. The number of ether oxygens (including phenoxy) is 1. The van der Waals surface area contributed by atoms with Crippen LogP contribution in [-0.2, 0) is 22.4 Å². The second kappa shape index (κ2) is 7.94. The minimum Gasteiger partial charge on any atom is -0.378 e. The van der Waals surface area contributed by atoms with E-state index in [1.54, 1.807) is 29.6 Å². The topological polar surface area (TPSA) is 91.4 Å². The molecule has 0 radical (unpaired) electrons. The van der Waals surface area contributed by atoms with Gasteiger partial charge in [0.1, 0.15) is 17.0 Å². The highest BCUT2D eigenvalue weighted by Crippen LogP contribution is 2.41. The van der Waals surface area contributed by atoms with Crippen LogP contribution in [-0.4, -0.2) is 47.1 Å². The van der Waals surface area contributed by atoms with E-state index >= 15 is 0 Å². The van der Waals surface area contributed by atoms with Gasteiger partial charge in [0.25, 0.3) is 0 Å². The van der Waals surface area contributed by atoms with Crippen molar-refractivity contribution in [2.75, 3.05) is 37.0 Å². The van der Waals surface area contributed by atoms with E-state index in [4.69, 9.17) is 4.74 Å². The predicted octanol–water partition coefficient (Wildman–Crippen LogP) is 3.34. The Labute approximate surface area is 187 Å². The molecule has 2 aliphatic heterocycles. The monoisotopic (exact) mass is 454 g/mol. The quantitative estimate of drug-likeness (QED) is 0.519. The summed E-state index contributed by atoms with van der Waals surface area (Å²) in [7, 11) is 0. The fraction of sp³-hybridized carbons (Fsp3) is 0.381. The SMILES string of the molecule is O=C([C@H]1CCc2c(sc3ncnc(Nc4ccc5c(c4)SNN5)c23)C1)N1CCOCC1. The second-order valence-electron chi connectivity index (χ2n) is 7.95. The number of hydrogen-bond donors (Lipinski definition) is 3. The molecular formula is C21H22N6O2S2. The van der Waals surface area contributed by atoms with E-state index in [1.807, 2.05) is 17.0 Å². The first-order valence-electron chi connectivity index (χ1n) is 10.5. The summed E-state index contributed by atoms with van der Waals surface area (Å²) in [6.45, 7) is 2.70. The van der Waals surface area contributed by atoms with E-state index in [9.17, 15) is 4.79 Å². The number of amides is 1.